The number of hydrogen-bond donors (Lipinski definition) is 1. The first-order chi connectivity index (χ1) is 12.5. The zero-order valence-corrected chi connectivity index (χ0v) is 16.9. The van der Waals surface area contributed by atoms with Crippen molar-refractivity contribution < 1.29 is 9.53 Å². The van der Waals surface area contributed by atoms with Gasteiger partial charge in [0.15, 0.2) is 0 Å². The van der Waals surface area contributed by atoms with Crippen molar-refractivity contribution >= 4 is 5.91 Å². The molecule has 0 spiro atoms. The molecule has 5 rings (SSSR count). The molecule has 146 valence electrons. The zero-order valence-electron chi connectivity index (χ0n) is 16.9. The van der Waals surface area contributed by atoms with Gasteiger partial charge in [0.1, 0.15) is 0 Å². The summed E-state index contributed by atoms with van der Waals surface area (Å²) in [7, 11) is 0. The summed E-state index contributed by atoms with van der Waals surface area (Å²) in [5, 5.41) is 3.37. The quantitative estimate of drug-likeness (QED) is 0.794. The van der Waals surface area contributed by atoms with Crippen LogP contribution in [0.1, 0.15) is 85.0 Å². The van der Waals surface area contributed by atoms with E-state index in [1.807, 2.05) is 0 Å². The Morgan fingerprint density at radius 3 is 2.62 bits per heavy atom. The van der Waals surface area contributed by atoms with Gasteiger partial charge in [0.25, 0.3) is 0 Å². The molecule has 1 aliphatic heterocycles. The molecular formula is C23H37NO2. The molecule has 5 fully saturated rings. The largest absolute Gasteiger partial charge is 0.374 e. The maximum Gasteiger partial charge on any atom is 0.220 e. The van der Waals surface area contributed by atoms with Crippen molar-refractivity contribution in [2.75, 3.05) is 0 Å². The molecule has 4 aliphatic carbocycles. The van der Waals surface area contributed by atoms with E-state index in [1.54, 1.807) is 0 Å². The number of hydrogen-bond acceptors (Lipinski definition) is 2. The molecule has 0 radical (unpaired) electrons. The number of piperidine rings is 1. The van der Waals surface area contributed by atoms with E-state index in [4.69, 9.17) is 4.74 Å². The molecular weight excluding hydrogens is 322 g/mol. The summed E-state index contributed by atoms with van der Waals surface area (Å²) in [6, 6.07) is 0.425. The van der Waals surface area contributed by atoms with E-state index in [0.717, 1.165) is 36.5 Å². The lowest BCUT2D eigenvalue weighted by Gasteiger charge is -2.60. The summed E-state index contributed by atoms with van der Waals surface area (Å²) >= 11 is 0. The molecule has 0 aromatic rings. The molecule has 0 bridgehead atoms. The first kappa shape index (κ1) is 17.5. The number of rotatable bonds is 3. The van der Waals surface area contributed by atoms with Crippen LogP contribution in [0.3, 0.4) is 0 Å². The van der Waals surface area contributed by atoms with Crippen LogP contribution in [0.4, 0.5) is 0 Å². The average molecular weight is 360 g/mol. The van der Waals surface area contributed by atoms with Crippen molar-refractivity contribution in [3.63, 3.8) is 0 Å². The fourth-order valence-electron chi connectivity index (χ4n) is 8.00. The molecule has 1 saturated heterocycles. The Balaban J connectivity index is 1.44. The van der Waals surface area contributed by atoms with Gasteiger partial charge in [-0.2, -0.15) is 0 Å². The van der Waals surface area contributed by atoms with Crippen LogP contribution in [-0.2, 0) is 9.53 Å². The third kappa shape index (κ3) is 2.45. The topological polar surface area (TPSA) is 38.3 Å². The van der Waals surface area contributed by atoms with Gasteiger partial charge in [0, 0.05) is 12.5 Å². The van der Waals surface area contributed by atoms with Crippen molar-refractivity contribution in [3.05, 3.63) is 0 Å². The van der Waals surface area contributed by atoms with Crippen LogP contribution >= 0.6 is 0 Å². The van der Waals surface area contributed by atoms with Crippen LogP contribution in [0.25, 0.3) is 0 Å². The lowest BCUT2D eigenvalue weighted by atomic mass is 9.46. The highest BCUT2D eigenvalue weighted by atomic mass is 16.5. The average Bonchev–Trinajstić information content (AvgIpc) is 3.38. The number of carbonyl (C=O) groups excluding carboxylic acids is 1. The minimum Gasteiger partial charge on any atom is -0.374 e. The van der Waals surface area contributed by atoms with Crippen molar-refractivity contribution in [1.82, 2.24) is 5.32 Å². The number of ether oxygens (including phenoxy) is 1. The molecule has 3 nitrogen and oxygen atoms in total. The number of amides is 1. The Bertz CT molecular complexity index is 587. The second-order valence-corrected chi connectivity index (χ2v) is 10.8. The summed E-state index contributed by atoms with van der Waals surface area (Å²) in [6.45, 7) is 7.49. The van der Waals surface area contributed by atoms with Crippen molar-refractivity contribution in [2.45, 2.75) is 103 Å². The Labute approximate surface area is 159 Å². The molecule has 4 saturated carbocycles. The second kappa shape index (κ2) is 5.96. The highest BCUT2D eigenvalue weighted by Crippen LogP contribution is 2.66. The molecule has 0 aromatic carbocycles. The summed E-state index contributed by atoms with van der Waals surface area (Å²) in [4.78, 5) is 12.0. The lowest BCUT2D eigenvalue weighted by molar-refractivity contribution is -0.144. The fourth-order valence-corrected chi connectivity index (χ4v) is 8.00. The fraction of sp³-hybridized carbons (Fsp3) is 0.957. The molecule has 3 unspecified atom stereocenters. The summed E-state index contributed by atoms with van der Waals surface area (Å²) in [6.07, 6.45) is 13.3. The molecule has 26 heavy (non-hydrogen) atoms. The van der Waals surface area contributed by atoms with Crippen LogP contribution in [0.5, 0.6) is 0 Å². The van der Waals surface area contributed by atoms with E-state index in [0.29, 0.717) is 29.1 Å². The third-order valence-corrected chi connectivity index (χ3v) is 9.56. The van der Waals surface area contributed by atoms with Crippen molar-refractivity contribution in [1.29, 1.82) is 0 Å². The predicted octanol–water partition coefficient (Wildman–Crippen LogP) is 4.69. The van der Waals surface area contributed by atoms with Gasteiger partial charge in [-0.05, 0) is 85.9 Å². The lowest BCUT2D eigenvalue weighted by Crippen LogP contribution is -2.61. The summed E-state index contributed by atoms with van der Waals surface area (Å²) < 4.78 is 6.60. The first-order valence-corrected chi connectivity index (χ1v) is 11.4. The minimum atomic E-state index is 0.289. The van der Waals surface area contributed by atoms with Crippen molar-refractivity contribution in [3.8, 4) is 0 Å². The zero-order chi connectivity index (χ0) is 18.1. The maximum absolute atomic E-state index is 12.0. The predicted molar refractivity (Wildman–Crippen MR) is 103 cm³/mol. The molecule has 0 aromatic heterocycles. The molecule has 5 aliphatic rings. The number of carbonyl (C=O) groups is 1. The minimum absolute atomic E-state index is 0.289. The van der Waals surface area contributed by atoms with Crippen LogP contribution < -0.4 is 5.32 Å². The van der Waals surface area contributed by atoms with Gasteiger partial charge in [-0.3, -0.25) is 4.79 Å². The number of fused-ring (bicyclic) bond motifs is 5. The van der Waals surface area contributed by atoms with E-state index in [9.17, 15) is 4.79 Å². The van der Waals surface area contributed by atoms with Gasteiger partial charge in [-0.1, -0.05) is 27.2 Å². The van der Waals surface area contributed by atoms with E-state index in [2.05, 4.69) is 26.1 Å². The van der Waals surface area contributed by atoms with Gasteiger partial charge >= 0.3 is 0 Å². The van der Waals surface area contributed by atoms with E-state index < -0.39 is 0 Å². The van der Waals surface area contributed by atoms with Crippen LogP contribution in [-0.4, -0.2) is 24.2 Å². The summed E-state index contributed by atoms with van der Waals surface area (Å²) in [5.41, 5.74) is 0.720. The van der Waals surface area contributed by atoms with Gasteiger partial charge in [-0.15, -0.1) is 0 Å². The molecule has 3 heteroatoms. The molecule has 1 N–H and O–H groups in total. The van der Waals surface area contributed by atoms with Crippen molar-refractivity contribution in [2.24, 2.45) is 34.5 Å². The van der Waals surface area contributed by atoms with Gasteiger partial charge in [-0.25, -0.2) is 0 Å². The molecule has 1 heterocycles. The molecule has 1 amide bonds. The van der Waals surface area contributed by atoms with E-state index >= 15 is 0 Å². The van der Waals surface area contributed by atoms with Gasteiger partial charge < -0.3 is 10.1 Å². The van der Waals surface area contributed by atoms with Crippen LogP contribution in [0.15, 0.2) is 0 Å². The molecule has 8 atom stereocenters. The monoisotopic (exact) mass is 359 g/mol. The first-order valence-electron chi connectivity index (χ1n) is 11.4. The third-order valence-electron chi connectivity index (χ3n) is 9.56. The second-order valence-electron chi connectivity index (χ2n) is 10.8. The standard InChI is InChI=1S/C23H37NO2/c1-4-14-13-19(26-15-5-6-15)23(3)11-9-17-16(21(14)23)7-8-18-22(17,2)12-10-20(25)24-18/h14-19,21H,4-13H2,1-3H3,(H,24,25)/t14?,16-,17-,18?,19?,21+,22-,23-/m1/s1. The highest BCUT2D eigenvalue weighted by molar-refractivity contribution is 5.77. The van der Waals surface area contributed by atoms with E-state index in [1.165, 1.54) is 51.4 Å². The van der Waals surface area contributed by atoms with Crippen LogP contribution in [0.2, 0.25) is 0 Å². The Morgan fingerprint density at radius 2 is 1.88 bits per heavy atom. The Morgan fingerprint density at radius 1 is 1.08 bits per heavy atom. The number of nitrogens with one attached hydrogen (secondary N) is 1. The highest BCUT2D eigenvalue weighted by Gasteiger charge is 2.63. The van der Waals surface area contributed by atoms with Gasteiger partial charge in [0.2, 0.25) is 5.91 Å². The SMILES string of the molecule is CCC1CC(OC2CC2)[C@@]2(C)CC[C@@H]3[C@@H](CCC4NC(=O)CC[C@@]43C)[C@H]12. The Hall–Kier alpha value is -0.570. The van der Waals surface area contributed by atoms with Crippen LogP contribution in [0, 0.1) is 34.5 Å². The smallest absolute Gasteiger partial charge is 0.220 e. The summed E-state index contributed by atoms with van der Waals surface area (Å²) in [5.74, 6) is 3.62. The van der Waals surface area contributed by atoms with Gasteiger partial charge in [0.05, 0.1) is 12.2 Å². The maximum atomic E-state index is 12.0. The Kier molecular flexibility index (Phi) is 4.02. The van der Waals surface area contributed by atoms with E-state index in [-0.39, 0.29) is 5.91 Å². The normalized spacial score (nSPS) is 53.4.